The molecule has 0 spiro atoms. The van der Waals surface area contributed by atoms with Crippen LogP contribution >= 0.6 is 11.6 Å². The number of ether oxygens (including phenoxy) is 1. The molecule has 0 radical (unpaired) electrons. The molecule has 3 N–H and O–H groups in total. The van der Waals surface area contributed by atoms with Crippen LogP contribution in [0.5, 0.6) is 5.75 Å². The smallest absolute Gasteiger partial charge is 0.165 e. The topological polar surface area (TPSA) is 47.3 Å². The van der Waals surface area contributed by atoms with Gasteiger partial charge in [0.05, 0.1) is 29.2 Å². The minimum atomic E-state index is -0.513. The summed E-state index contributed by atoms with van der Waals surface area (Å²) in [4.78, 5) is 0. The molecule has 0 fully saturated rings. The maximum absolute atomic E-state index is 13.7. The molecule has 0 aromatic heterocycles. The molecule has 0 atom stereocenters. The van der Waals surface area contributed by atoms with Gasteiger partial charge in [-0.15, -0.1) is 0 Å². The highest BCUT2D eigenvalue weighted by molar-refractivity contribution is 6.31. The number of nitrogen functional groups attached to an aromatic ring is 1. The zero-order valence-corrected chi connectivity index (χ0v) is 10.5. The van der Waals surface area contributed by atoms with Crippen LogP contribution in [0.2, 0.25) is 5.02 Å². The van der Waals surface area contributed by atoms with Crippen molar-refractivity contribution < 1.29 is 9.13 Å². The Balaban J connectivity index is 2.36. The van der Waals surface area contributed by atoms with Gasteiger partial charge in [0.2, 0.25) is 0 Å². The van der Waals surface area contributed by atoms with Crippen molar-refractivity contribution in [2.75, 3.05) is 18.2 Å². The second kappa shape index (κ2) is 5.14. The van der Waals surface area contributed by atoms with E-state index in [0.717, 1.165) is 0 Å². The van der Waals surface area contributed by atoms with E-state index in [1.54, 1.807) is 37.4 Å². The van der Waals surface area contributed by atoms with Crippen LogP contribution in [0.3, 0.4) is 0 Å². The lowest BCUT2D eigenvalue weighted by Crippen LogP contribution is -1.99. The second-order valence-corrected chi connectivity index (χ2v) is 4.09. The number of anilines is 3. The summed E-state index contributed by atoms with van der Waals surface area (Å²) in [6.45, 7) is 0. The van der Waals surface area contributed by atoms with Crippen LogP contribution in [0.1, 0.15) is 0 Å². The number of nitrogens with two attached hydrogens (primary N) is 1. The minimum Gasteiger partial charge on any atom is -0.497 e. The van der Waals surface area contributed by atoms with E-state index in [2.05, 4.69) is 5.32 Å². The lowest BCUT2D eigenvalue weighted by molar-refractivity contribution is 0.415. The molecule has 2 rings (SSSR count). The molecule has 0 saturated carbocycles. The van der Waals surface area contributed by atoms with Crippen LogP contribution in [0.25, 0.3) is 0 Å². The van der Waals surface area contributed by atoms with Gasteiger partial charge in [0.25, 0.3) is 0 Å². The van der Waals surface area contributed by atoms with Crippen molar-refractivity contribution in [1.82, 2.24) is 0 Å². The quantitative estimate of drug-likeness (QED) is 0.831. The fourth-order valence-corrected chi connectivity index (χ4v) is 1.69. The van der Waals surface area contributed by atoms with Gasteiger partial charge < -0.3 is 15.8 Å². The maximum atomic E-state index is 13.7. The van der Waals surface area contributed by atoms with E-state index in [1.165, 1.54) is 6.07 Å². The Morgan fingerprint density at radius 1 is 1.22 bits per heavy atom. The third-order valence-corrected chi connectivity index (χ3v) is 2.77. The molecule has 0 saturated heterocycles. The van der Waals surface area contributed by atoms with E-state index in [1.807, 2.05) is 0 Å². The van der Waals surface area contributed by atoms with Crippen molar-refractivity contribution in [3.63, 3.8) is 0 Å². The summed E-state index contributed by atoms with van der Waals surface area (Å²) in [5.41, 5.74) is 7.13. The minimum absolute atomic E-state index is 0.0569. The van der Waals surface area contributed by atoms with Crippen molar-refractivity contribution >= 4 is 28.7 Å². The van der Waals surface area contributed by atoms with Crippen LogP contribution in [-0.2, 0) is 0 Å². The highest BCUT2D eigenvalue weighted by atomic mass is 35.5. The molecule has 0 aliphatic heterocycles. The largest absolute Gasteiger partial charge is 0.497 e. The van der Waals surface area contributed by atoms with Gasteiger partial charge in [-0.25, -0.2) is 4.39 Å². The molecular weight excluding hydrogens is 255 g/mol. The Labute approximate surface area is 109 Å². The number of benzene rings is 2. The number of halogens is 2. The normalized spacial score (nSPS) is 10.2. The maximum Gasteiger partial charge on any atom is 0.165 e. The monoisotopic (exact) mass is 266 g/mol. The molecule has 0 amide bonds. The molecule has 0 unspecified atom stereocenters. The van der Waals surface area contributed by atoms with Gasteiger partial charge >= 0.3 is 0 Å². The molecular formula is C13H12ClFN2O. The number of nitrogens with one attached hydrogen (secondary N) is 1. The van der Waals surface area contributed by atoms with E-state index < -0.39 is 5.82 Å². The van der Waals surface area contributed by atoms with Crippen LogP contribution in [0.4, 0.5) is 21.5 Å². The number of methoxy groups -OCH3 is 1. The molecule has 3 nitrogen and oxygen atoms in total. The standard InChI is InChI=1S/C13H12ClFN2O/c1-18-8-5-6-10(16)12(7-8)17-11-4-2-3-9(14)13(11)15/h2-7,17H,16H2,1H3. The third-order valence-electron chi connectivity index (χ3n) is 2.48. The van der Waals surface area contributed by atoms with Crippen LogP contribution in [0, 0.1) is 5.82 Å². The predicted molar refractivity (Wildman–Crippen MR) is 72.1 cm³/mol. The number of hydrogen-bond donors (Lipinski definition) is 2. The molecule has 5 heteroatoms. The Morgan fingerprint density at radius 2 is 2.00 bits per heavy atom. The number of rotatable bonds is 3. The first-order chi connectivity index (χ1) is 8.61. The van der Waals surface area contributed by atoms with E-state index >= 15 is 0 Å². The summed E-state index contributed by atoms with van der Waals surface area (Å²) < 4.78 is 18.8. The van der Waals surface area contributed by atoms with Crippen molar-refractivity contribution in [1.29, 1.82) is 0 Å². The highest BCUT2D eigenvalue weighted by Crippen LogP contribution is 2.30. The van der Waals surface area contributed by atoms with E-state index in [9.17, 15) is 4.39 Å². The van der Waals surface area contributed by atoms with Crippen molar-refractivity contribution in [2.45, 2.75) is 0 Å². The number of hydrogen-bond acceptors (Lipinski definition) is 3. The molecule has 2 aromatic carbocycles. The van der Waals surface area contributed by atoms with Gasteiger partial charge in [-0.3, -0.25) is 0 Å². The molecule has 0 bridgehead atoms. The Hall–Kier alpha value is -1.94. The fraction of sp³-hybridized carbons (Fsp3) is 0.0769. The van der Waals surface area contributed by atoms with Gasteiger partial charge in [-0.05, 0) is 24.3 Å². The SMILES string of the molecule is COc1ccc(N)c(Nc2cccc(Cl)c2F)c1. The zero-order valence-electron chi connectivity index (χ0n) is 9.71. The molecule has 18 heavy (non-hydrogen) atoms. The first-order valence-electron chi connectivity index (χ1n) is 5.26. The lowest BCUT2D eigenvalue weighted by Gasteiger charge is -2.12. The van der Waals surface area contributed by atoms with Crippen molar-refractivity contribution in [3.8, 4) is 5.75 Å². The van der Waals surface area contributed by atoms with E-state index in [-0.39, 0.29) is 10.7 Å². The summed E-state index contributed by atoms with van der Waals surface area (Å²) in [7, 11) is 1.55. The van der Waals surface area contributed by atoms with Crippen LogP contribution in [-0.4, -0.2) is 7.11 Å². The summed E-state index contributed by atoms with van der Waals surface area (Å²) >= 11 is 5.71. The fourth-order valence-electron chi connectivity index (χ4n) is 1.52. The summed E-state index contributed by atoms with van der Waals surface area (Å²) in [6, 6.07) is 9.83. The van der Waals surface area contributed by atoms with Crippen molar-refractivity contribution in [2.24, 2.45) is 0 Å². The summed E-state index contributed by atoms with van der Waals surface area (Å²) in [6.07, 6.45) is 0. The molecule has 94 valence electrons. The van der Waals surface area contributed by atoms with E-state index in [0.29, 0.717) is 17.1 Å². The van der Waals surface area contributed by atoms with Gasteiger partial charge in [0.1, 0.15) is 5.75 Å². The summed E-state index contributed by atoms with van der Waals surface area (Å²) in [5.74, 6) is 0.121. The predicted octanol–water partition coefficient (Wildman–Crippen LogP) is 3.81. The average Bonchev–Trinajstić information content (AvgIpc) is 2.37. The molecule has 0 aliphatic carbocycles. The van der Waals surface area contributed by atoms with Gasteiger partial charge in [-0.2, -0.15) is 0 Å². The van der Waals surface area contributed by atoms with Gasteiger partial charge in [0.15, 0.2) is 5.82 Å². The Morgan fingerprint density at radius 3 is 2.72 bits per heavy atom. The van der Waals surface area contributed by atoms with Crippen LogP contribution < -0.4 is 15.8 Å². The first kappa shape index (κ1) is 12.5. The highest BCUT2D eigenvalue weighted by Gasteiger charge is 2.08. The zero-order chi connectivity index (χ0) is 13.1. The average molecular weight is 267 g/mol. The first-order valence-corrected chi connectivity index (χ1v) is 5.64. The van der Waals surface area contributed by atoms with Crippen molar-refractivity contribution in [3.05, 3.63) is 47.2 Å². The van der Waals surface area contributed by atoms with Crippen LogP contribution in [0.15, 0.2) is 36.4 Å². The second-order valence-electron chi connectivity index (χ2n) is 3.68. The molecule has 2 aromatic rings. The molecule has 0 heterocycles. The lowest BCUT2D eigenvalue weighted by atomic mass is 10.2. The molecule has 0 aliphatic rings. The Kier molecular flexibility index (Phi) is 3.58. The summed E-state index contributed by atoms with van der Waals surface area (Å²) in [5, 5.41) is 2.95. The van der Waals surface area contributed by atoms with Gasteiger partial charge in [0, 0.05) is 6.07 Å². The Bertz CT molecular complexity index is 575. The van der Waals surface area contributed by atoms with Gasteiger partial charge in [-0.1, -0.05) is 17.7 Å². The third kappa shape index (κ3) is 2.49. The van der Waals surface area contributed by atoms with E-state index in [4.69, 9.17) is 22.1 Å².